The van der Waals surface area contributed by atoms with Gasteiger partial charge in [-0.25, -0.2) is 0 Å². The summed E-state index contributed by atoms with van der Waals surface area (Å²) in [5, 5.41) is 10.2. The van der Waals surface area contributed by atoms with Crippen molar-refractivity contribution in [2.45, 2.75) is 38.6 Å². The first-order valence-electron chi connectivity index (χ1n) is 6.06. The van der Waals surface area contributed by atoms with Gasteiger partial charge < -0.3 is 14.6 Å². The summed E-state index contributed by atoms with van der Waals surface area (Å²) < 4.78 is 10.8. The van der Waals surface area contributed by atoms with E-state index in [1.807, 2.05) is 44.2 Å². The molecule has 3 heteroatoms. The summed E-state index contributed by atoms with van der Waals surface area (Å²) >= 11 is 0. The minimum atomic E-state index is -0.583. The monoisotopic (exact) mass is 238 g/mol. The van der Waals surface area contributed by atoms with Crippen LogP contribution in [0.2, 0.25) is 0 Å². The fraction of sp³-hybridized carbons (Fsp3) is 0.571. The van der Waals surface area contributed by atoms with E-state index < -0.39 is 6.10 Å². The van der Waals surface area contributed by atoms with Gasteiger partial charge in [-0.3, -0.25) is 0 Å². The van der Waals surface area contributed by atoms with Crippen molar-refractivity contribution in [2.75, 3.05) is 13.7 Å². The zero-order chi connectivity index (χ0) is 12.7. The van der Waals surface area contributed by atoms with Gasteiger partial charge >= 0.3 is 0 Å². The molecule has 1 aromatic carbocycles. The maximum absolute atomic E-state index is 10.2. The molecule has 0 spiro atoms. The number of ether oxygens (including phenoxy) is 2. The molecule has 0 heterocycles. The number of rotatable bonds is 7. The number of aliphatic hydroxyl groups is 1. The van der Waals surface area contributed by atoms with Crippen molar-refractivity contribution in [1.82, 2.24) is 0 Å². The van der Waals surface area contributed by atoms with Gasteiger partial charge in [-0.2, -0.15) is 0 Å². The van der Waals surface area contributed by atoms with Crippen LogP contribution in [0.15, 0.2) is 30.3 Å². The Balaban J connectivity index is 2.61. The number of hydrogen-bond acceptors (Lipinski definition) is 3. The Kier molecular flexibility index (Phi) is 6.19. The van der Waals surface area contributed by atoms with Gasteiger partial charge in [-0.15, -0.1) is 0 Å². The maximum atomic E-state index is 10.2. The molecule has 1 N–H and O–H groups in total. The molecule has 3 nitrogen and oxygen atoms in total. The van der Waals surface area contributed by atoms with Crippen LogP contribution in [0, 0.1) is 0 Å². The second-order valence-corrected chi connectivity index (χ2v) is 4.20. The van der Waals surface area contributed by atoms with Crippen LogP contribution in [0.3, 0.4) is 0 Å². The molecule has 0 aliphatic carbocycles. The second-order valence-electron chi connectivity index (χ2n) is 4.20. The number of methoxy groups -OCH3 is 1. The van der Waals surface area contributed by atoms with Crippen molar-refractivity contribution in [1.29, 1.82) is 0 Å². The van der Waals surface area contributed by atoms with Crippen LogP contribution in [0.5, 0.6) is 0 Å². The van der Waals surface area contributed by atoms with E-state index in [0.717, 1.165) is 12.0 Å². The molecule has 0 amide bonds. The highest BCUT2D eigenvalue weighted by molar-refractivity contribution is 5.18. The average Bonchev–Trinajstić information content (AvgIpc) is 2.36. The summed E-state index contributed by atoms with van der Waals surface area (Å²) in [4.78, 5) is 0. The SMILES string of the molecule is CCC(OC(C)COC)C(O)c1ccccc1. The Morgan fingerprint density at radius 1 is 1.24 bits per heavy atom. The molecule has 96 valence electrons. The van der Waals surface area contributed by atoms with E-state index in [1.165, 1.54) is 0 Å². The zero-order valence-corrected chi connectivity index (χ0v) is 10.8. The van der Waals surface area contributed by atoms with Gasteiger partial charge in [0.15, 0.2) is 0 Å². The lowest BCUT2D eigenvalue weighted by atomic mass is 10.0. The number of hydrogen-bond donors (Lipinski definition) is 1. The fourth-order valence-electron chi connectivity index (χ4n) is 1.83. The molecule has 17 heavy (non-hydrogen) atoms. The zero-order valence-electron chi connectivity index (χ0n) is 10.8. The first-order chi connectivity index (χ1) is 8.19. The Hall–Kier alpha value is -0.900. The highest BCUT2D eigenvalue weighted by Crippen LogP contribution is 2.22. The number of aliphatic hydroxyl groups excluding tert-OH is 1. The molecule has 1 rings (SSSR count). The summed E-state index contributed by atoms with van der Waals surface area (Å²) in [6, 6.07) is 9.61. The predicted molar refractivity (Wildman–Crippen MR) is 67.9 cm³/mol. The topological polar surface area (TPSA) is 38.7 Å². The lowest BCUT2D eigenvalue weighted by Crippen LogP contribution is -2.28. The van der Waals surface area contributed by atoms with Gasteiger partial charge in [-0.05, 0) is 18.9 Å². The maximum Gasteiger partial charge on any atom is 0.105 e. The average molecular weight is 238 g/mol. The van der Waals surface area contributed by atoms with Crippen LogP contribution in [-0.2, 0) is 9.47 Å². The smallest absolute Gasteiger partial charge is 0.105 e. The van der Waals surface area contributed by atoms with E-state index in [9.17, 15) is 5.11 Å². The third-order valence-electron chi connectivity index (χ3n) is 2.70. The van der Waals surface area contributed by atoms with E-state index in [2.05, 4.69) is 0 Å². The van der Waals surface area contributed by atoms with E-state index in [-0.39, 0.29) is 12.2 Å². The Labute approximate surface area is 103 Å². The highest BCUT2D eigenvalue weighted by atomic mass is 16.5. The van der Waals surface area contributed by atoms with Crippen molar-refractivity contribution in [3.8, 4) is 0 Å². The molecule has 0 saturated heterocycles. The van der Waals surface area contributed by atoms with E-state index in [1.54, 1.807) is 7.11 Å². The molecule has 0 aliphatic heterocycles. The number of benzene rings is 1. The summed E-state index contributed by atoms with van der Waals surface area (Å²) in [5.41, 5.74) is 0.893. The quantitative estimate of drug-likeness (QED) is 0.793. The van der Waals surface area contributed by atoms with Crippen LogP contribution in [-0.4, -0.2) is 31.0 Å². The Bertz CT molecular complexity index is 300. The Morgan fingerprint density at radius 3 is 2.41 bits per heavy atom. The van der Waals surface area contributed by atoms with Crippen molar-refractivity contribution in [3.05, 3.63) is 35.9 Å². The van der Waals surface area contributed by atoms with Crippen molar-refractivity contribution < 1.29 is 14.6 Å². The predicted octanol–water partition coefficient (Wildman–Crippen LogP) is 2.55. The summed E-state index contributed by atoms with van der Waals surface area (Å²) in [6.45, 7) is 4.50. The third kappa shape index (κ3) is 4.46. The molecular weight excluding hydrogens is 216 g/mol. The fourth-order valence-corrected chi connectivity index (χ4v) is 1.83. The molecular formula is C14H22O3. The largest absolute Gasteiger partial charge is 0.386 e. The molecule has 0 aliphatic rings. The first kappa shape index (κ1) is 14.2. The van der Waals surface area contributed by atoms with E-state index >= 15 is 0 Å². The summed E-state index contributed by atoms with van der Waals surface area (Å²) in [5.74, 6) is 0. The minimum absolute atomic E-state index is 0.0108. The first-order valence-corrected chi connectivity index (χ1v) is 6.06. The molecule has 0 saturated carbocycles. The Morgan fingerprint density at radius 2 is 1.88 bits per heavy atom. The van der Waals surface area contributed by atoms with Gasteiger partial charge in [0, 0.05) is 7.11 Å². The molecule has 1 aromatic rings. The third-order valence-corrected chi connectivity index (χ3v) is 2.70. The van der Waals surface area contributed by atoms with Gasteiger partial charge in [-0.1, -0.05) is 37.3 Å². The van der Waals surface area contributed by atoms with Crippen molar-refractivity contribution in [3.63, 3.8) is 0 Å². The van der Waals surface area contributed by atoms with Gasteiger partial charge in [0.25, 0.3) is 0 Å². The van der Waals surface area contributed by atoms with Crippen LogP contribution in [0.25, 0.3) is 0 Å². The lowest BCUT2D eigenvalue weighted by molar-refractivity contribution is -0.0922. The van der Waals surface area contributed by atoms with E-state index in [4.69, 9.17) is 9.47 Å². The van der Waals surface area contributed by atoms with Crippen LogP contribution < -0.4 is 0 Å². The van der Waals surface area contributed by atoms with Crippen molar-refractivity contribution >= 4 is 0 Å². The van der Waals surface area contributed by atoms with Crippen molar-refractivity contribution in [2.24, 2.45) is 0 Å². The molecule has 0 aromatic heterocycles. The summed E-state index contributed by atoms with van der Waals surface area (Å²) in [6.07, 6.45) is -0.0178. The molecule has 0 fully saturated rings. The standard InChI is InChI=1S/C14H22O3/c1-4-13(17-11(2)10-16-3)14(15)12-8-6-5-7-9-12/h5-9,11,13-15H,4,10H2,1-3H3. The normalized spacial score (nSPS) is 16.5. The lowest BCUT2D eigenvalue weighted by Gasteiger charge is -2.25. The highest BCUT2D eigenvalue weighted by Gasteiger charge is 2.21. The molecule has 3 atom stereocenters. The van der Waals surface area contributed by atoms with Crippen LogP contribution in [0.1, 0.15) is 31.9 Å². The second kappa shape index (κ2) is 7.43. The minimum Gasteiger partial charge on any atom is -0.386 e. The molecule has 0 bridgehead atoms. The van der Waals surface area contributed by atoms with Gasteiger partial charge in [0.1, 0.15) is 6.10 Å². The van der Waals surface area contributed by atoms with E-state index in [0.29, 0.717) is 6.61 Å². The molecule has 3 unspecified atom stereocenters. The van der Waals surface area contributed by atoms with Crippen LogP contribution in [0.4, 0.5) is 0 Å². The van der Waals surface area contributed by atoms with Gasteiger partial charge in [0.05, 0.1) is 18.8 Å². The van der Waals surface area contributed by atoms with Crippen LogP contribution >= 0.6 is 0 Å². The molecule has 0 radical (unpaired) electrons. The van der Waals surface area contributed by atoms with Gasteiger partial charge in [0.2, 0.25) is 0 Å². The summed E-state index contributed by atoms with van der Waals surface area (Å²) in [7, 11) is 1.65.